The SMILES string of the molecule is COC1(CNCC2CC=CCC2)CCOC1. The zero-order valence-electron chi connectivity index (χ0n) is 10.2. The fourth-order valence-corrected chi connectivity index (χ4v) is 2.51. The van der Waals surface area contributed by atoms with Gasteiger partial charge in [-0.2, -0.15) is 0 Å². The van der Waals surface area contributed by atoms with E-state index in [4.69, 9.17) is 9.47 Å². The van der Waals surface area contributed by atoms with Crippen LogP contribution in [0.1, 0.15) is 25.7 Å². The average Bonchev–Trinajstić information content (AvgIpc) is 2.80. The minimum atomic E-state index is -0.0650. The van der Waals surface area contributed by atoms with Gasteiger partial charge in [0.1, 0.15) is 5.60 Å². The van der Waals surface area contributed by atoms with Gasteiger partial charge in [-0.1, -0.05) is 12.2 Å². The summed E-state index contributed by atoms with van der Waals surface area (Å²) in [6.07, 6.45) is 9.40. The van der Waals surface area contributed by atoms with E-state index in [1.165, 1.54) is 19.3 Å². The fourth-order valence-electron chi connectivity index (χ4n) is 2.51. The van der Waals surface area contributed by atoms with E-state index in [1.54, 1.807) is 7.11 Å². The maximum Gasteiger partial charge on any atom is 0.106 e. The van der Waals surface area contributed by atoms with Crippen molar-refractivity contribution >= 4 is 0 Å². The van der Waals surface area contributed by atoms with Crippen LogP contribution in [0.25, 0.3) is 0 Å². The molecule has 2 atom stereocenters. The second-order valence-electron chi connectivity index (χ2n) is 4.97. The lowest BCUT2D eigenvalue weighted by Gasteiger charge is -2.27. The van der Waals surface area contributed by atoms with E-state index < -0.39 is 0 Å². The second kappa shape index (κ2) is 5.80. The molecule has 0 bridgehead atoms. The highest BCUT2D eigenvalue weighted by Gasteiger charge is 2.34. The molecule has 16 heavy (non-hydrogen) atoms. The van der Waals surface area contributed by atoms with Gasteiger partial charge >= 0.3 is 0 Å². The Kier molecular flexibility index (Phi) is 4.38. The molecule has 0 aromatic carbocycles. The van der Waals surface area contributed by atoms with Crippen LogP contribution in [-0.4, -0.2) is 39.0 Å². The smallest absolute Gasteiger partial charge is 0.106 e. The quantitative estimate of drug-likeness (QED) is 0.723. The molecule has 1 saturated heterocycles. The van der Waals surface area contributed by atoms with Crippen molar-refractivity contribution < 1.29 is 9.47 Å². The zero-order chi connectivity index (χ0) is 11.3. The molecular weight excluding hydrogens is 202 g/mol. The van der Waals surface area contributed by atoms with Crippen LogP contribution in [0.2, 0.25) is 0 Å². The summed E-state index contributed by atoms with van der Waals surface area (Å²) in [7, 11) is 1.79. The Morgan fingerprint density at radius 1 is 1.50 bits per heavy atom. The van der Waals surface area contributed by atoms with Crippen LogP contribution in [0.3, 0.4) is 0 Å². The van der Waals surface area contributed by atoms with Gasteiger partial charge in [0.05, 0.1) is 6.61 Å². The Labute approximate surface area is 98.2 Å². The first-order valence-corrected chi connectivity index (χ1v) is 6.33. The summed E-state index contributed by atoms with van der Waals surface area (Å²) in [5.74, 6) is 0.807. The van der Waals surface area contributed by atoms with Gasteiger partial charge in [-0.15, -0.1) is 0 Å². The summed E-state index contributed by atoms with van der Waals surface area (Å²) in [5, 5.41) is 3.55. The van der Waals surface area contributed by atoms with E-state index in [2.05, 4.69) is 17.5 Å². The Balaban J connectivity index is 1.68. The number of nitrogens with one attached hydrogen (secondary N) is 1. The summed E-state index contributed by atoms with van der Waals surface area (Å²) >= 11 is 0. The molecule has 3 heteroatoms. The molecular formula is C13H23NO2. The second-order valence-corrected chi connectivity index (χ2v) is 4.97. The minimum absolute atomic E-state index is 0.0650. The summed E-state index contributed by atoms with van der Waals surface area (Å²) in [6, 6.07) is 0. The van der Waals surface area contributed by atoms with Gasteiger partial charge in [0.15, 0.2) is 0 Å². The summed E-state index contributed by atoms with van der Waals surface area (Å²) in [4.78, 5) is 0. The van der Waals surface area contributed by atoms with Crippen molar-refractivity contribution in [1.82, 2.24) is 5.32 Å². The molecule has 0 saturated carbocycles. The van der Waals surface area contributed by atoms with Crippen LogP contribution in [0.15, 0.2) is 12.2 Å². The van der Waals surface area contributed by atoms with E-state index in [0.717, 1.165) is 38.6 Å². The van der Waals surface area contributed by atoms with E-state index in [9.17, 15) is 0 Å². The van der Waals surface area contributed by atoms with Gasteiger partial charge in [0.2, 0.25) is 0 Å². The van der Waals surface area contributed by atoms with Crippen LogP contribution in [-0.2, 0) is 9.47 Å². The summed E-state index contributed by atoms with van der Waals surface area (Å²) in [6.45, 7) is 3.60. The molecule has 1 heterocycles. The summed E-state index contributed by atoms with van der Waals surface area (Å²) in [5.41, 5.74) is -0.0650. The third-order valence-electron chi connectivity index (χ3n) is 3.76. The molecule has 2 unspecified atom stereocenters. The standard InChI is InChI=1S/C13H23NO2/c1-15-13(7-8-16-11-13)10-14-9-12-5-3-2-4-6-12/h2-3,12,14H,4-11H2,1H3. The van der Waals surface area contributed by atoms with Crippen LogP contribution in [0.5, 0.6) is 0 Å². The molecule has 0 amide bonds. The van der Waals surface area contributed by atoms with Crippen LogP contribution in [0, 0.1) is 5.92 Å². The first kappa shape index (κ1) is 12.1. The van der Waals surface area contributed by atoms with Crippen LogP contribution < -0.4 is 5.32 Å². The number of hydrogen-bond donors (Lipinski definition) is 1. The lowest BCUT2D eigenvalue weighted by Crippen LogP contribution is -2.44. The first-order chi connectivity index (χ1) is 7.85. The monoisotopic (exact) mass is 225 g/mol. The van der Waals surface area contributed by atoms with Gasteiger partial charge in [-0.3, -0.25) is 0 Å². The predicted octanol–water partition coefficient (Wildman–Crippen LogP) is 1.74. The number of allylic oxidation sites excluding steroid dienone is 2. The number of rotatable bonds is 5. The van der Waals surface area contributed by atoms with E-state index in [-0.39, 0.29) is 5.60 Å². The molecule has 0 spiro atoms. The topological polar surface area (TPSA) is 30.5 Å². The third kappa shape index (κ3) is 3.06. The van der Waals surface area contributed by atoms with E-state index >= 15 is 0 Å². The van der Waals surface area contributed by atoms with Crippen molar-refractivity contribution in [2.75, 3.05) is 33.4 Å². The Morgan fingerprint density at radius 2 is 2.44 bits per heavy atom. The molecule has 0 radical (unpaired) electrons. The van der Waals surface area contributed by atoms with Crippen molar-refractivity contribution in [3.8, 4) is 0 Å². The van der Waals surface area contributed by atoms with Crippen molar-refractivity contribution in [3.63, 3.8) is 0 Å². The maximum absolute atomic E-state index is 5.59. The number of ether oxygens (including phenoxy) is 2. The van der Waals surface area contributed by atoms with Crippen molar-refractivity contribution in [2.45, 2.75) is 31.3 Å². The lowest BCUT2D eigenvalue weighted by molar-refractivity contribution is -0.0162. The molecule has 1 N–H and O–H groups in total. The number of methoxy groups -OCH3 is 1. The molecule has 3 nitrogen and oxygen atoms in total. The molecule has 0 aromatic rings. The number of hydrogen-bond acceptors (Lipinski definition) is 3. The molecule has 0 aromatic heterocycles. The molecule has 1 aliphatic carbocycles. The highest BCUT2D eigenvalue weighted by Crippen LogP contribution is 2.22. The van der Waals surface area contributed by atoms with Crippen LogP contribution in [0.4, 0.5) is 0 Å². The van der Waals surface area contributed by atoms with Crippen molar-refractivity contribution in [3.05, 3.63) is 12.2 Å². The van der Waals surface area contributed by atoms with Crippen molar-refractivity contribution in [2.24, 2.45) is 5.92 Å². The van der Waals surface area contributed by atoms with E-state index in [0.29, 0.717) is 0 Å². The fraction of sp³-hybridized carbons (Fsp3) is 0.846. The largest absolute Gasteiger partial charge is 0.378 e. The van der Waals surface area contributed by atoms with Gasteiger partial charge in [-0.25, -0.2) is 0 Å². The average molecular weight is 225 g/mol. The first-order valence-electron chi connectivity index (χ1n) is 6.33. The summed E-state index contributed by atoms with van der Waals surface area (Å²) < 4.78 is 11.0. The minimum Gasteiger partial charge on any atom is -0.378 e. The predicted molar refractivity (Wildman–Crippen MR) is 64.5 cm³/mol. The highest BCUT2D eigenvalue weighted by atomic mass is 16.5. The zero-order valence-corrected chi connectivity index (χ0v) is 10.2. The normalized spacial score (nSPS) is 34.4. The van der Waals surface area contributed by atoms with Gasteiger partial charge < -0.3 is 14.8 Å². The maximum atomic E-state index is 5.59. The Morgan fingerprint density at radius 3 is 3.06 bits per heavy atom. The van der Waals surface area contributed by atoms with Crippen LogP contribution >= 0.6 is 0 Å². The van der Waals surface area contributed by atoms with Crippen molar-refractivity contribution in [1.29, 1.82) is 0 Å². The molecule has 2 rings (SSSR count). The van der Waals surface area contributed by atoms with Gasteiger partial charge in [-0.05, 0) is 31.7 Å². The lowest BCUT2D eigenvalue weighted by atomic mass is 9.94. The molecule has 2 aliphatic rings. The Bertz CT molecular complexity index is 234. The Hall–Kier alpha value is -0.380. The highest BCUT2D eigenvalue weighted by molar-refractivity contribution is 4.92. The van der Waals surface area contributed by atoms with Gasteiger partial charge in [0, 0.05) is 26.7 Å². The molecule has 1 fully saturated rings. The molecule has 1 aliphatic heterocycles. The third-order valence-corrected chi connectivity index (χ3v) is 3.76. The molecule has 92 valence electrons. The van der Waals surface area contributed by atoms with E-state index in [1.807, 2.05) is 0 Å². The van der Waals surface area contributed by atoms with Gasteiger partial charge in [0.25, 0.3) is 0 Å².